The Kier molecular flexibility index (Phi) is 1.62. The lowest BCUT2D eigenvalue weighted by Gasteiger charge is -2.41. The molecule has 15 heavy (non-hydrogen) atoms. The summed E-state index contributed by atoms with van der Waals surface area (Å²) in [7, 11) is -2.90. The maximum absolute atomic E-state index is 9.97. The highest BCUT2D eigenvalue weighted by Gasteiger charge is 2.92. The summed E-state index contributed by atoms with van der Waals surface area (Å²) in [6.07, 6.45) is 1.37. The van der Waals surface area contributed by atoms with Gasteiger partial charge in [-0.2, -0.15) is 0 Å². The molecule has 7 nitrogen and oxygen atoms in total. The van der Waals surface area contributed by atoms with E-state index in [9.17, 15) is 5.11 Å². The first-order valence-electron chi connectivity index (χ1n) is 4.60. The van der Waals surface area contributed by atoms with Crippen molar-refractivity contribution in [3.63, 3.8) is 0 Å². The molecule has 9 heteroatoms. The molecule has 1 N–H and O–H groups in total. The average Bonchev–Trinajstić information content (AvgIpc) is 2.68. The monoisotopic (exact) mass is 254 g/mol. The number of aliphatic hydroxyl groups is 1. The fraction of sp³-hybridized carbons (Fsp3) is 1.00. The molecule has 1 spiro atoms. The van der Waals surface area contributed by atoms with Crippen molar-refractivity contribution in [2.45, 2.75) is 37.3 Å². The second kappa shape index (κ2) is 2.53. The molecule has 0 aromatic rings. The number of hydrogen-bond donors (Lipinski definition) is 1. The zero-order valence-corrected chi connectivity index (χ0v) is 9.49. The van der Waals surface area contributed by atoms with E-state index in [1.54, 1.807) is 0 Å². The molecule has 0 saturated carbocycles. The molecule has 1 unspecified atom stereocenters. The molecule has 6 saturated heterocycles. The van der Waals surface area contributed by atoms with Crippen LogP contribution in [0.25, 0.3) is 0 Å². The topological polar surface area (TPSA) is 75.6 Å². The van der Waals surface area contributed by atoms with E-state index in [0.717, 1.165) is 6.42 Å². The molecular formula is C6H8O7P2. The smallest absolute Gasteiger partial charge is 0.338 e. The van der Waals surface area contributed by atoms with Crippen molar-refractivity contribution in [2.24, 2.45) is 0 Å². The molecule has 0 aromatic heterocycles. The summed E-state index contributed by atoms with van der Waals surface area (Å²) in [5.41, 5.74) is 0. The first-order valence-corrected chi connectivity index (χ1v) is 6.80. The lowest BCUT2D eigenvalue weighted by molar-refractivity contribution is -0.417. The van der Waals surface area contributed by atoms with Crippen LogP contribution in [0.1, 0.15) is 19.8 Å². The zero-order chi connectivity index (χ0) is 10.3. The summed E-state index contributed by atoms with van der Waals surface area (Å²) >= 11 is 0. The van der Waals surface area contributed by atoms with Crippen LogP contribution in [-0.2, 0) is 27.1 Å². The molecule has 6 aliphatic rings. The predicted octanol–water partition coefficient (Wildman–Crippen LogP) is 1.43. The van der Waals surface area contributed by atoms with Crippen LogP contribution < -0.4 is 0 Å². The SMILES string of the molecule is CCCC12OP(O1)OC21OP2OC1(O)O2. The molecule has 6 heterocycles. The predicted molar refractivity (Wildman–Crippen MR) is 45.7 cm³/mol. The Morgan fingerprint density at radius 1 is 1.00 bits per heavy atom. The van der Waals surface area contributed by atoms with Crippen LogP contribution in [0, 0.1) is 0 Å². The molecule has 6 aliphatic heterocycles. The minimum atomic E-state index is -1.86. The minimum absolute atomic E-state index is 0.560. The standard InChI is InChI=1S/C6H8O7P2/c1-2-3-4-5(10-14(8-4)9-4)6(7)12-15(11-5)13-6/h7H,2-3H2,1H3. The second-order valence-corrected chi connectivity index (χ2v) is 5.69. The van der Waals surface area contributed by atoms with Crippen molar-refractivity contribution >= 4 is 17.2 Å². The van der Waals surface area contributed by atoms with E-state index in [4.69, 9.17) is 27.1 Å². The third-order valence-corrected chi connectivity index (χ3v) is 5.24. The summed E-state index contributed by atoms with van der Waals surface area (Å²) in [6, 6.07) is 0. The maximum Gasteiger partial charge on any atom is 0.358 e. The third-order valence-electron chi connectivity index (χ3n) is 2.74. The quantitative estimate of drug-likeness (QED) is 0.747. The Balaban J connectivity index is 1.77. The Hall–Kier alpha value is 0.580. The van der Waals surface area contributed by atoms with Gasteiger partial charge in [0.1, 0.15) is 0 Å². The van der Waals surface area contributed by atoms with Crippen LogP contribution in [0.2, 0.25) is 0 Å². The number of hydrogen-bond acceptors (Lipinski definition) is 7. The van der Waals surface area contributed by atoms with Gasteiger partial charge in [-0.1, -0.05) is 13.3 Å². The Bertz CT molecular complexity index is 321. The van der Waals surface area contributed by atoms with Gasteiger partial charge in [0.15, 0.2) is 0 Å². The number of rotatable bonds is 2. The zero-order valence-electron chi connectivity index (χ0n) is 7.71. The van der Waals surface area contributed by atoms with Gasteiger partial charge >= 0.3 is 29.0 Å². The van der Waals surface area contributed by atoms with Crippen molar-refractivity contribution in [1.82, 2.24) is 0 Å². The van der Waals surface area contributed by atoms with E-state index in [1.807, 2.05) is 6.92 Å². The largest absolute Gasteiger partial charge is 0.358 e. The molecule has 1 atom stereocenters. The van der Waals surface area contributed by atoms with Crippen LogP contribution in [0.3, 0.4) is 0 Å². The van der Waals surface area contributed by atoms with Crippen molar-refractivity contribution in [3.05, 3.63) is 0 Å². The summed E-state index contributed by atoms with van der Waals surface area (Å²) in [5, 5.41) is 9.97. The van der Waals surface area contributed by atoms with E-state index < -0.39 is 34.8 Å². The molecule has 0 aromatic carbocycles. The molecule has 0 amide bonds. The molecule has 0 radical (unpaired) electrons. The summed E-state index contributed by atoms with van der Waals surface area (Å²) in [6.45, 7) is 1.98. The Morgan fingerprint density at radius 3 is 2.07 bits per heavy atom. The van der Waals surface area contributed by atoms with Gasteiger partial charge in [0, 0.05) is 6.42 Å². The van der Waals surface area contributed by atoms with Crippen molar-refractivity contribution in [3.8, 4) is 0 Å². The van der Waals surface area contributed by atoms with Crippen LogP contribution in [0.4, 0.5) is 0 Å². The van der Waals surface area contributed by atoms with Gasteiger partial charge in [-0.05, 0) is 0 Å². The van der Waals surface area contributed by atoms with E-state index >= 15 is 0 Å². The van der Waals surface area contributed by atoms with Crippen molar-refractivity contribution < 1.29 is 32.2 Å². The van der Waals surface area contributed by atoms with Crippen LogP contribution in [0.15, 0.2) is 0 Å². The fourth-order valence-corrected chi connectivity index (χ4v) is 4.87. The van der Waals surface area contributed by atoms with Crippen LogP contribution >= 0.6 is 17.2 Å². The molecule has 6 rings (SSSR count). The molecule has 0 aliphatic carbocycles. The van der Waals surface area contributed by atoms with Gasteiger partial charge in [0.05, 0.1) is 0 Å². The highest BCUT2D eigenvalue weighted by molar-refractivity contribution is 7.45. The van der Waals surface area contributed by atoms with Gasteiger partial charge in [0.2, 0.25) is 5.79 Å². The van der Waals surface area contributed by atoms with Gasteiger partial charge in [-0.25, -0.2) is 9.05 Å². The van der Waals surface area contributed by atoms with E-state index in [2.05, 4.69) is 0 Å². The van der Waals surface area contributed by atoms with E-state index in [0.29, 0.717) is 6.42 Å². The summed E-state index contributed by atoms with van der Waals surface area (Å²) in [4.78, 5) is 0. The van der Waals surface area contributed by atoms with E-state index in [-0.39, 0.29) is 0 Å². The first kappa shape index (κ1) is 9.59. The fourth-order valence-electron chi connectivity index (χ4n) is 2.08. The second-order valence-electron chi connectivity index (χ2n) is 3.70. The lowest BCUT2D eigenvalue weighted by Crippen LogP contribution is -2.65. The summed E-state index contributed by atoms with van der Waals surface area (Å²) in [5.74, 6) is -4.36. The molecular weight excluding hydrogens is 246 g/mol. The van der Waals surface area contributed by atoms with Gasteiger partial charge in [0.25, 0.3) is 0 Å². The van der Waals surface area contributed by atoms with Gasteiger partial charge in [-0.15, -0.1) is 0 Å². The molecule has 4 bridgehead atoms. The first-order chi connectivity index (χ1) is 7.13. The maximum atomic E-state index is 9.97. The minimum Gasteiger partial charge on any atom is -0.338 e. The van der Waals surface area contributed by atoms with E-state index in [1.165, 1.54) is 0 Å². The molecule has 84 valence electrons. The van der Waals surface area contributed by atoms with Crippen molar-refractivity contribution in [1.29, 1.82) is 0 Å². The van der Waals surface area contributed by atoms with Gasteiger partial charge in [-0.3, -0.25) is 18.1 Å². The van der Waals surface area contributed by atoms with Gasteiger partial charge < -0.3 is 5.11 Å². The van der Waals surface area contributed by atoms with Crippen LogP contribution in [-0.4, -0.2) is 22.7 Å². The average molecular weight is 254 g/mol. The van der Waals surface area contributed by atoms with Crippen LogP contribution in [0.5, 0.6) is 0 Å². The lowest BCUT2D eigenvalue weighted by atomic mass is 9.99. The summed E-state index contributed by atoms with van der Waals surface area (Å²) < 4.78 is 31.8. The Morgan fingerprint density at radius 2 is 1.60 bits per heavy atom. The highest BCUT2D eigenvalue weighted by Crippen LogP contribution is 2.85. The molecule has 6 fully saturated rings. The van der Waals surface area contributed by atoms with Crippen molar-refractivity contribution in [2.75, 3.05) is 0 Å². The Labute approximate surface area is 87.5 Å². The highest BCUT2D eigenvalue weighted by atomic mass is 31.2. The normalized spacial score (nSPS) is 64.4. The third kappa shape index (κ3) is 0.835.